The van der Waals surface area contributed by atoms with Gasteiger partial charge in [0.25, 0.3) is 0 Å². The number of hydrogen-bond donors (Lipinski definition) is 1. The molecule has 1 rings (SSSR count). The number of rotatable bonds is 9. The smallest absolute Gasteiger partial charge is 0.389 e. The first-order valence-electron chi connectivity index (χ1n) is 7.43. The van der Waals surface area contributed by atoms with E-state index in [-0.39, 0.29) is 12.5 Å². The number of hydrogen-bond acceptors (Lipinski definition) is 2. The van der Waals surface area contributed by atoms with Crippen LogP contribution in [-0.4, -0.2) is 19.8 Å². The second kappa shape index (κ2) is 8.93. The van der Waals surface area contributed by atoms with Crippen LogP contribution in [0.5, 0.6) is 5.75 Å². The van der Waals surface area contributed by atoms with Gasteiger partial charge in [-0.2, -0.15) is 13.2 Å². The van der Waals surface area contributed by atoms with Gasteiger partial charge in [0.15, 0.2) is 0 Å². The minimum Gasteiger partial charge on any atom is -0.494 e. The number of alkyl halides is 3. The molecule has 0 heterocycles. The van der Waals surface area contributed by atoms with E-state index < -0.39 is 12.6 Å². The SMILES string of the molecule is CCCCOc1ccc(C(CCCC(F)(F)F)NC)cc1. The molecule has 21 heavy (non-hydrogen) atoms. The minimum absolute atomic E-state index is 0.0583. The van der Waals surface area contributed by atoms with Crippen molar-refractivity contribution in [1.82, 2.24) is 5.32 Å². The quantitative estimate of drug-likeness (QED) is 0.658. The fourth-order valence-electron chi connectivity index (χ4n) is 2.12. The minimum atomic E-state index is -4.07. The van der Waals surface area contributed by atoms with E-state index in [9.17, 15) is 13.2 Å². The molecule has 0 saturated carbocycles. The van der Waals surface area contributed by atoms with Crippen molar-refractivity contribution in [2.75, 3.05) is 13.7 Å². The number of benzene rings is 1. The lowest BCUT2D eigenvalue weighted by molar-refractivity contribution is -0.135. The third kappa shape index (κ3) is 7.37. The van der Waals surface area contributed by atoms with Crippen LogP contribution in [-0.2, 0) is 0 Å². The fraction of sp³-hybridized carbons (Fsp3) is 0.625. The molecule has 0 saturated heterocycles. The van der Waals surface area contributed by atoms with Crippen LogP contribution in [0.25, 0.3) is 0 Å². The van der Waals surface area contributed by atoms with Crippen LogP contribution in [0.4, 0.5) is 13.2 Å². The highest BCUT2D eigenvalue weighted by Crippen LogP contribution is 2.27. The van der Waals surface area contributed by atoms with Crippen molar-refractivity contribution in [3.63, 3.8) is 0 Å². The highest BCUT2D eigenvalue weighted by Gasteiger charge is 2.26. The van der Waals surface area contributed by atoms with Gasteiger partial charge in [-0.3, -0.25) is 0 Å². The van der Waals surface area contributed by atoms with Crippen molar-refractivity contribution in [1.29, 1.82) is 0 Å². The molecular formula is C16H24F3NO. The maximum atomic E-state index is 12.2. The molecule has 0 aromatic heterocycles. The molecule has 0 radical (unpaired) electrons. The first kappa shape index (κ1) is 17.8. The van der Waals surface area contributed by atoms with Crippen molar-refractivity contribution >= 4 is 0 Å². The summed E-state index contributed by atoms with van der Waals surface area (Å²) in [4.78, 5) is 0. The van der Waals surface area contributed by atoms with Gasteiger partial charge in [-0.15, -0.1) is 0 Å². The fourth-order valence-corrected chi connectivity index (χ4v) is 2.12. The number of ether oxygens (including phenoxy) is 1. The van der Waals surface area contributed by atoms with E-state index in [1.165, 1.54) is 0 Å². The highest BCUT2D eigenvalue weighted by molar-refractivity contribution is 5.29. The third-order valence-electron chi connectivity index (χ3n) is 3.35. The zero-order valence-electron chi connectivity index (χ0n) is 12.7. The van der Waals surface area contributed by atoms with Crippen LogP contribution < -0.4 is 10.1 Å². The topological polar surface area (TPSA) is 21.3 Å². The molecule has 1 unspecified atom stereocenters. The van der Waals surface area contributed by atoms with Crippen LogP contribution >= 0.6 is 0 Å². The molecule has 1 N–H and O–H groups in total. The Morgan fingerprint density at radius 3 is 2.33 bits per heavy atom. The van der Waals surface area contributed by atoms with Crippen molar-refractivity contribution < 1.29 is 17.9 Å². The maximum Gasteiger partial charge on any atom is 0.389 e. The summed E-state index contributed by atoms with van der Waals surface area (Å²) in [7, 11) is 1.77. The molecule has 1 aromatic carbocycles. The molecule has 5 heteroatoms. The Morgan fingerprint density at radius 1 is 1.14 bits per heavy atom. The van der Waals surface area contributed by atoms with Crippen LogP contribution in [0.3, 0.4) is 0 Å². The number of nitrogens with one attached hydrogen (secondary N) is 1. The molecule has 0 aliphatic heterocycles. The van der Waals surface area contributed by atoms with Crippen LogP contribution in [0.2, 0.25) is 0 Å². The van der Waals surface area contributed by atoms with E-state index in [2.05, 4.69) is 12.2 Å². The van der Waals surface area contributed by atoms with Gasteiger partial charge in [0, 0.05) is 12.5 Å². The molecular weight excluding hydrogens is 279 g/mol. The summed E-state index contributed by atoms with van der Waals surface area (Å²) in [6.07, 6.45) is -2.12. The van der Waals surface area contributed by atoms with Gasteiger partial charge in [-0.25, -0.2) is 0 Å². The van der Waals surface area contributed by atoms with Gasteiger partial charge in [0.1, 0.15) is 5.75 Å². The molecule has 1 atom stereocenters. The number of halogens is 3. The van der Waals surface area contributed by atoms with Gasteiger partial charge in [0.2, 0.25) is 0 Å². The van der Waals surface area contributed by atoms with Gasteiger partial charge < -0.3 is 10.1 Å². The average molecular weight is 303 g/mol. The highest BCUT2D eigenvalue weighted by atomic mass is 19.4. The molecule has 1 aromatic rings. The predicted octanol–water partition coefficient (Wildman–Crippen LogP) is 4.86. The Morgan fingerprint density at radius 2 is 1.81 bits per heavy atom. The van der Waals surface area contributed by atoms with Crippen molar-refractivity contribution in [3.05, 3.63) is 29.8 Å². The average Bonchev–Trinajstić information content (AvgIpc) is 2.44. The van der Waals surface area contributed by atoms with Crippen LogP contribution in [0.15, 0.2) is 24.3 Å². The molecule has 120 valence electrons. The monoisotopic (exact) mass is 303 g/mol. The molecule has 2 nitrogen and oxygen atoms in total. The lowest BCUT2D eigenvalue weighted by Gasteiger charge is -2.17. The van der Waals surface area contributed by atoms with E-state index in [4.69, 9.17) is 4.74 Å². The van der Waals surface area contributed by atoms with Crippen molar-refractivity contribution in [2.45, 2.75) is 51.2 Å². The van der Waals surface area contributed by atoms with Crippen molar-refractivity contribution in [2.24, 2.45) is 0 Å². The van der Waals surface area contributed by atoms with E-state index in [1.54, 1.807) is 7.05 Å². The molecule has 0 bridgehead atoms. The summed E-state index contributed by atoms with van der Waals surface area (Å²) >= 11 is 0. The Balaban J connectivity index is 2.49. The maximum absolute atomic E-state index is 12.2. The lowest BCUT2D eigenvalue weighted by atomic mass is 10.0. The zero-order valence-corrected chi connectivity index (χ0v) is 12.7. The Hall–Kier alpha value is -1.23. The van der Waals surface area contributed by atoms with E-state index in [0.29, 0.717) is 13.0 Å². The first-order chi connectivity index (χ1) is 9.96. The second-order valence-electron chi connectivity index (χ2n) is 5.12. The summed E-state index contributed by atoms with van der Waals surface area (Å²) in [5.74, 6) is 0.803. The molecule has 0 amide bonds. The Bertz CT molecular complexity index is 390. The third-order valence-corrected chi connectivity index (χ3v) is 3.35. The normalized spacial score (nSPS) is 13.2. The molecule has 0 aliphatic rings. The van der Waals surface area contributed by atoms with E-state index in [1.807, 2.05) is 24.3 Å². The molecule has 0 aliphatic carbocycles. The number of unbranched alkanes of at least 4 members (excludes halogenated alkanes) is 1. The predicted molar refractivity (Wildman–Crippen MR) is 78.6 cm³/mol. The lowest BCUT2D eigenvalue weighted by Crippen LogP contribution is -2.17. The second-order valence-corrected chi connectivity index (χ2v) is 5.12. The van der Waals surface area contributed by atoms with E-state index in [0.717, 1.165) is 24.2 Å². The summed E-state index contributed by atoms with van der Waals surface area (Å²) in [6, 6.07) is 7.52. The van der Waals surface area contributed by atoms with Gasteiger partial charge >= 0.3 is 6.18 Å². The van der Waals surface area contributed by atoms with E-state index >= 15 is 0 Å². The van der Waals surface area contributed by atoms with Crippen molar-refractivity contribution in [3.8, 4) is 5.75 Å². The zero-order chi connectivity index (χ0) is 15.7. The Kier molecular flexibility index (Phi) is 7.57. The summed E-state index contributed by atoms with van der Waals surface area (Å²) < 4.78 is 42.1. The standard InChI is InChI=1S/C16H24F3NO/c1-3-4-12-21-14-9-7-13(8-10-14)15(20-2)6-5-11-16(17,18)19/h7-10,15,20H,3-6,11-12H2,1-2H3. The van der Waals surface area contributed by atoms with Gasteiger partial charge in [-0.05, 0) is 44.0 Å². The van der Waals surface area contributed by atoms with Gasteiger partial charge in [0.05, 0.1) is 6.61 Å². The summed E-state index contributed by atoms with van der Waals surface area (Å²) in [6.45, 7) is 2.79. The van der Waals surface area contributed by atoms with Gasteiger partial charge in [-0.1, -0.05) is 25.5 Å². The summed E-state index contributed by atoms with van der Waals surface area (Å²) in [5.41, 5.74) is 0.988. The molecule has 0 spiro atoms. The Labute approximate surface area is 124 Å². The first-order valence-corrected chi connectivity index (χ1v) is 7.43. The largest absolute Gasteiger partial charge is 0.494 e. The van der Waals surface area contributed by atoms with Crippen LogP contribution in [0.1, 0.15) is 50.6 Å². The summed E-state index contributed by atoms with van der Waals surface area (Å²) in [5, 5.41) is 3.07. The van der Waals surface area contributed by atoms with Crippen LogP contribution in [0, 0.1) is 0 Å². The molecule has 0 fully saturated rings.